The van der Waals surface area contributed by atoms with Gasteiger partial charge in [0.25, 0.3) is 0 Å². The molecule has 74 valence electrons. The second-order valence-electron chi connectivity index (χ2n) is 5.31. The molecule has 13 heavy (non-hydrogen) atoms. The molecule has 2 saturated carbocycles. The van der Waals surface area contributed by atoms with E-state index in [0.717, 1.165) is 12.3 Å². The third-order valence-electron chi connectivity index (χ3n) is 4.22. The van der Waals surface area contributed by atoms with Crippen molar-refractivity contribution in [2.75, 3.05) is 0 Å². The van der Waals surface area contributed by atoms with Crippen molar-refractivity contribution >= 4 is 5.97 Å². The van der Waals surface area contributed by atoms with Crippen LogP contribution in [0.25, 0.3) is 0 Å². The Bertz CT molecular complexity index is 232. The summed E-state index contributed by atoms with van der Waals surface area (Å²) >= 11 is 0. The van der Waals surface area contributed by atoms with Crippen LogP contribution in [-0.4, -0.2) is 11.1 Å². The van der Waals surface area contributed by atoms with E-state index in [0.29, 0.717) is 11.8 Å². The van der Waals surface area contributed by atoms with Gasteiger partial charge in [-0.05, 0) is 50.9 Å². The third kappa shape index (κ3) is 1.27. The Hall–Kier alpha value is -0.530. The van der Waals surface area contributed by atoms with E-state index >= 15 is 0 Å². The Balaban J connectivity index is 2.14. The molecule has 2 rings (SSSR count). The minimum atomic E-state index is -0.620. The lowest BCUT2D eigenvalue weighted by atomic mass is 9.70. The number of hydrogen-bond donors (Lipinski definition) is 1. The number of aliphatic carboxylic acids is 1. The van der Waals surface area contributed by atoms with E-state index in [4.69, 9.17) is 5.11 Å². The summed E-state index contributed by atoms with van der Waals surface area (Å²) in [5, 5.41) is 9.13. The van der Waals surface area contributed by atoms with Crippen LogP contribution in [0.5, 0.6) is 0 Å². The fourth-order valence-electron chi connectivity index (χ4n) is 3.29. The van der Waals surface area contributed by atoms with E-state index in [9.17, 15) is 4.79 Å². The Kier molecular flexibility index (Phi) is 1.90. The van der Waals surface area contributed by atoms with Gasteiger partial charge in [0.1, 0.15) is 0 Å². The maximum atomic E-state index is 11.1. The summed E-state index contributed by atoms with van der Waals surface area (Å²) in [6, 6.07) is 0. The van der Waals surface area contributed by atoms with E-state index < -0.39 is 11.4 Å². The highest BCUT2D eigenvalue weighted by Gasteiger charge is 2.49. The molecule has 0 aromatic rings. The van der Waals surface area contributed by atoms with Crippen molar-refractivity contribution in [3.63, 3.8) is 0 Å². The lowest BCUT2D eigenvalue weighted by Crippen LogP contribution is -2.35. The summed E-state index contributed by atoms with van der Waals surface area (Å²) < 4.78 is 0. The van der Waals surface area contributed by atoms with Crippen molar-refractivity contribution in [2.24, 2.45) is 23.2 Å². The maximum Gasteiger partial charge on any atom is 0.309 e. The molecular weight excluding hydrogens is 164 g/mol. The summed E-state index contributed by atoms with van der Waals surface area (Å²) in [6.45, 7) is 3.78. The first-order chi connectivity index (χ1) is 6.01. The quantitative estimate of drug-likeness (QED) is 0.712. The Morgan fingerprint density at radius 2 is 2.00 bits per heavy atom. The van der Waals surface area contributed by atoms with Crippen LogP contribution in [0.4, 0.5) is 0 Å². The predicted octanol–water partition coefficient (Wildman–Crippen LogP) is 2.53. The summed E-state index contributed by atoms with van der Waals surface area (Å²) in [6.07, 6.45) is 5.06. The first-order valence-electron chi connectivity index (χ1n) is 5.25. The van der Waals surface area contributed by atoms with Crippen LogP contribution >= 0.6 is 0 Å². The van der Waals surface area contributed by atoms with Crippen molar-refractivity contribution in [1.29, 1.82) is 0 Å². The monoisotopic (exact) mass is 182 g/mol. The number of hydrogen-bond acceptors (Lipinski definition) is 1. The van der Waals surface area contributed by atoms with Gasteiger partial charge in [-0.2, -0.15) is 0 Å². The van der Waals surface area contributed by atoms with Crippen molar-refractivity contribution in [3.8, 4) is 0 Å². The Morgan fingerprint density at radius 1 is 1.31 bits per heavy atom. The lowest BCUT2D eigenvalue weighted by molar-refractivity contribution is -0.151. The van der Waals surface area contributed by atoms with Crippen molar-refractivity contribution < 1.29 is 9.90 Å². The number of carbonyl (C=O) groups is 1. The first-order valence-corrected chi connectivity index (χ1v) is 5.25. The highest BCUT2D eigenvalue weighted by Crippen LogP contribution is 2.54. The van der Waals surface area contributed by atoms with Crippen LogP contribution in [0.3, 0.4) is 0 Å². The molecule has 0 heterocycles. The van der Waals surface area contributed by atoms with Gasteiger partial charge >= 0.3 is 5.97 Å². The highest BCUT2D eigenvalue weighted by atomic mass is 16.4. The zero-order valence-electron chi connectivity index (χ0n) is 8.42. The molecule has 2 aliphatic carbocycles. The molecular formula is C11H18O2. The van der Waals surface area contributed by atoms with Gasteiger partial charge in [0.15, 0.2) is 0 Å². The van der Waals surface area contributed by atoms with E-state index in [-0.39, 0.29) is 0 Å². The topological polar surface area (TPSA) is 37.3 Å². The third-order valence-corrected chi connectivity index (χ3v) is 4.22. The van der Waals surface area contributed by atoms with Gasteiger partial charge in [0.05, 0.1) is 5.41 Å². The molecule has 0 saturated heterocycles. The van der Waals surface area contributed by atoms with Gasteiger partial charge in [-0.1, -0.05) is 6.42 Å². The van der Waals surface area contributed by atoms with E-state index in [1.807, 2.05) is 13.8 Å². The van der Waals surface area contributed by atoms with Crippen LogP contribution in [0.1, 0.15) is 39.5 Å². The molecule has 2 nitrogen and oxygen atoms in total. The molecule has 0 aromatic carbocycles. The molecule has 2 bridgehead atoms. The average Bonchev–Trinajstić information content (AvgIpc) is 2.63. The molecule has 2 fully saturated rings. The van der Waals surface area contributed by atoms with E-state index in [1.165, 1.54) is 19.3 Å². The summed E-state index contributed by atoms with van der Waals surface area (Å²) in [5.74, 6) is 1.36. The van der Waals surface area contributed by atoms with Crippen LogP contribution < -0.4 is 0 Å². The van der Waals surface area contributed by atoms with Crippen LogP contribution in [0.15, 0.2) is 0 Å². The largest absolute Gasteiger partial charge is 0.481 e. The van der Waals surface area contributed by atoms with Crippen molar-refractivity contribution in [2.45, 2.75) is 39.5 Å². The van der Waals surface area contributed by atoms with Gasteiger partial charge in [-0.3, -0.25) is 4.79 Å². The average molecular weight is 182 g/mol. The first kappa shape index (κ1) is 9.04. The molecule has 0 spiro atoms. The van der Waals surface area contributed by atoms with Gasteiger partial charge < -0.3 is 5.11 Å². The molecule has 1 N–H and O–H groups in total. The molecule has 0 aromatic heterocycles. The van der Waals surface area contributed by atoms with Crippen LogP contribution in [0, 0.1) is 23.2 Å². The number of rotatable bonds is 2. The van der Waals surface area contributed by atoms with E-state index in [1.54, 1.807) is 0 Å². The molecule has 3 unspecified atom stereocenters. The number of carboxylic acid groups (broad SMARTS) is 1. The molecule has 2 aliphatic rings. The van der Waals surface area contributed by atoms with Crippen LogP contribution in [-0.2, 0) is 4.79 Å². The summed E-state index contributed by atoms with van der Waals surface area (Å²) in [7, 11) is 0. The SMILES string of the molecule is CC(C)(C(=O)O)C1CC2CCC1C2. The minimum Gasteiger partial charge on any atom is -0.481 e. The second kappa shape index (κ2) is 2.73. The second-order valence-corrected chi connectivity index (χ2v) is 5.31. The summed E-state index contributed by atoms with van der Waals surface area (Å²) in [5.41, 5.74) is -0.500. The van der Waals surface area contributed by atoms with E-state index in [2.05, 4.69) is 0 Å². The predicted molar refractivity (Wildman–Crippen MR) is 50.4 cm³/mol. The fraction of sp³-hybridized carbons (Fsp3) is 0.909. The van der Waals surface area contributed by atoms with Gasteiger partial charge in [0, 0.05) is 0 Å². The Labute approximate surface area is 79.3 Å². The smallest absolute Gasteiger partial charge is 0.309 e. The number of fused-ring (bicyclic) bond motifs is 2. The fourth-order valence-corrected chi connectivity index (χ4v) is 3.29. The molecule has 0 radical (unpaired) electrons. The molecule has 3 atom stereocenters. The Morgan fingerprint density at radius 3 is 2.38 bits per heavy atom. The maximum absolute atomic E-state index is 11.1. The standard InChI is InChI=1S/C11H18O2/c1-11(2,10(12)13)9-6-7-3-4-8(9)5-7/h7-9H,3-6H2,1-2H3,(H,12,13). The number of carboxylic acids is 1. The summed E-state index contributed by atoms with van der Waals surface area (Å²) in [4.78, 5) is 11.1. The molecule has 2 heteroatoms. The molecule has 0 amide bonds. The highest BCUT2D eigenvalue weighted by molar-refractivity contribution is 5.74. The van der Waals surface area contributed by atoms with Gasteiger partial charge in [0.2, 0.25) is 0 Å². The van der Waals surface area contributed by atoms with Gasteiger partial charge in [-0.25, -0.2) is 0 Å². The lowest BCUT2D eigenvalue weighted by Gasteiger charge is -2.33. The zero-order chi connectivity index (χ0) is 9.64. The van der Waals surface area contributed by atoms with Gasteiger partial charge in [-0.15, -0.1) is 0 Å². The normalized spacial score (nSPS) is 38.2. The van der Waals surface area contributed by atoms with Crippen LogP contribution in [0.2, 0.25) is 0 Å². The zero-order valence-corrected chi connectivity index (χ0v) is 8.42. The van der Waals surface area contributed by atoms with Crippen molar-refractivity contribution in [1.82, 2.24) is 0 Å². The molecule has 0 aliphatic heterocycles. The van der Waals surface area contributed by atoms with Crippen molar-refractivity contribution in [3.05, 3.63) is 0 Å². The minimum absolute atomic E-state index is 0.434.